The second-order valence-corrected chi connectivity index (χ2v) is 4.00. The Morgan fingerprint density at radius 2 is 2.00 bits per heavy atom. The maximum absolute atomic E-state index is 5.88. The van der Waals surface area contributed by atoms with E-state index < -0.39 is 0 Å². The predicted octanol–water partition coefficient (Wildman–Crippen LogP) is 3.09. The van der Waals surface area contributed by atoms with Crippen LogP contribution in [0.1, 0.15) is 0 Å². The average molecular weight is 285 g/mol. The zero-order valence-electron chi connectivity index (χ0n) is 6.69. The highest BCUT2D eigenvalue weighted by Crippen LogP contribution is 2.33. The molecule has 0 saturated heterocycles. The number of halogens is 3. The van der Waals surface area contributed by atoms with Gasteiger partial charge < -0.3 is 10.5 Å². The summed E-state index contributed by atoms with van der Waals surface area (Å²) in [4.78, 5) is 0. The molecule has 0 saturated carbocycles. The van der Waals surface area contributed by atoms with E-state index in [0.29, 0.717) is 28.9 Å². The van der Waals surface area contributed by atoms with Gasteiger partial charge in [-0.3, -0.25) is 0 Å². The summed E-state index contributed by atoms with van der Waals surface area (Å²) in [7, 11) is 0. The van der Waals surface area contributed by atoms with Crippen molar-refractivity contribution in [1.82, 2.24) is 0 Å². The number of nitrogens with two attached hydrogens (primary N) is 1. The molecule has 0 aliphatic rings. The quantitative estimate of drug-likeness (QED) is 0.866. The minimum atomic E-state index is 0.428. The molecule has 1 rings (SSSR count). The van der Waals surface area contributed by atoms with E-state index in [2.05, 4.69) is 15.9 Å². The molecule has 5 heteroatoms. The Hall–Kier alpha value is 0.0400. The molecule has 0 heterocycles. The predicted molar refractivity (Wildman–Crippen MR) is 58.7 cm³/mol. The molecule has 0 aromatic heterocycles. The second kappa shape index (κ2) is 5.05. The molecule has 0 spiro atoms. The second-order valence-electron chi connectivity index (χ2n) is 2.33. The first-order valence-electron chi connectivity index (χ1n) is 3.62. The lowest BCUT2D eigenvalue weighted by Crippen LogP contribution is -2.10. The van der Waals surface area contributed by atoms with Gasteiger partial charge in [-0.2, -0.15) is 0 Å². The maximum atomic E-state index is 5.88. The van der Waals surface area contributed by atoms with Crippen molar-refractivity contribution in [3.63, 3.8) is 0 Å². The summed E-state index contributed by atoms with van der Waals surface area (Å²) in [5.74, 6) is 0.556. The zero-order chi connectivity index (χ0) is 9.84. The van der Waals surface area contributed by atoms with Gasteiger partial charge in [0.05, 0.1) is 10.0 Å². The molecule has 0 radical (unpaired) electrons. The third-order valence-electron chi connectivity index (χ3n) is 1.35. The normalized spacial score (nSPS) is 10.2. The van der Waals surface area contributed by atoms with Gasteiger partial charge in [0.15, 0.2) is 0 Å². The van der Waals surface area contributed by atoms with Gasteiger partial charge in [-0.15, -0.1) is 0 Å². The number of rotatable bonds is 3. The van der Waals surface area contributed by atoms with E-state index in [1.165, 1.54) is 0 Å². The van der Waals surface area contributed by atoms with E-state index in [1.54, 1.807) is 12.1 Å². The van der Waals surface area contributed by atoms with E-state index in [0.717, 1.165) is 4.47 Å². The van der Waals surface area contributed by atoms with Gasteiger partial charge in [0.2, 0.25) is 0 Å². The van der Waals surface area contributed by atoms with Crippen molar-refractivity contribution in [2.24, 2.45) is 5.73 Å². The molecule has 2 N–H and O–H groups in total. The van der Waals surface area contributed by atoms with Crippen LogP contribution in [0.25, 0.3) is 0 Å². The lowest BCUT2D eigenvalue weighted by atomic mass is 10.3. The number of ether oxygens (including phenoxy) is 1. The highest BCUT2D eigenvalue weighted by atomic mass is 79.9. The van der Waals surface area contributed by atoms with Crippen LogP contribution >= 0.6 is 39.1 Å². The summed E-state index contributed by atoms with van der Waals surface area (Å²) < 4.78 is 6.01. The van der Waals surface area contributed by atoms with Crippen LogP contribution in [-0.2, 0) is 0 Å². The molecule has 13 heavy (non-hydrogen) atoms. The monoisotopic (exact) mass is 283 g/mol. The molecule has 0 aliphatic heterocycles. The summed E-state index contributed by atoms with van der Waals surface area (Å²) in [5, 5.41) is 1.08. The first kappa shape index (κ1) is 11.1. The lowest BCUT2D eigenvalue weighted by molar-refractivity contribution is 0.328. The highest BCUT2D eigenvalue weighted by molar-refractivity contribution is 9.10. The van der Waals surface area contributed by atoms with E-state index in [9.17, 15) is 0 Å². The molecule has 1 aromatic carbocycles. The first-order valence-corrected chi connectivity index (χ1v) is 5.17. The zero-order valence-corrected chi connectivity index (χ0v) is 9.79. The van der Waals surface area contributed by atoms with Crippen LogP contribution in [0.4, 0.5) is 0 Å². The third-order valence-corrected chi connectivity index (χ3v) is 2.84. The van der Waals surface area contributed by atoms with E-state index >= 15 is 0 Å². The van der Waals surface area contributed by atoms with Gasteiger partial charge in [-0.05, 0) is 22.0 Å². The van der Waals surface area contributed by atoms with Gasteiger partial charge in [0.1, 0.15) is 12.4 Å². The standard InChI is InChI=1S/C8H8BrCl2NO/c9-5-3-7(11)8(4-6(5)10)13-2-1-12/h3-4H,1-2,12H2. The van der Waals surface area contributed by atoms with Crippen LogP contribution in [0.2, 0.25) is 10.0 Å². The van der Waals surface area contributed by atoms with Gasteiger partial charge in [-0.1, -0.05) is 23.2 Å². The Bertz CT molecular complexity index is 306. The van der Waals surface area contributed by atoms with Crippen LogP contribution in [0.3, 0.4) is 0 Å². The molecule has 2 nitrogen and oxygen atoms in total. The largest absolute Gasteiger partial charge is 0.491 e. The van der Waals surface area contributed by atoms with Crippen LogP contribution in [0.15, 0.2) is 16.6 Å². The maximum Gasteiger partial charge on any atom is 0.139 e. The highest BCUT2D eigenvalue weighted by Gasteiger charge is 2.05. The topological polar surface area (TPSA) is 35.2 Å². The van der Waals surface area contributed by atoms with Crippen molar-refractivity contribution >= 4 is 39.1 Å². The Morgan fingerprint density at radius 1 is 1.31 bits per heavy atom. The molecule has 0 unspecified atom stereocenters. The van der Waals surface area contributed by atoms with Crippen LogP contribution in [0.5, 0.6) is 5.75 Å². The van der Waals surface area contributed by atoms with Crippen molar-refractivity contribution in [3.8, 4) is 5.75 Å². The van der Waals surface area contributed by atoms with Crippen LogP contribution < -0.4 is 10.5 Å². The Morgan fingerprint density at radius 3 is 2.62 bits per heavy atom. The van der Waals surface area contributed by atoms with Crippen LogP contribution in [0, 0.1) is 0 Å². The minimum Gasteiger partial charge on any atom is -0.491 e. The molecular weight excluding hydrogens is 277 g/mol. The van der Waals surface area contributed by atoms with Crippen LogP contribution in [-0.4, -0.2) is 13.2 Å². The van der Waals surface area contributed by atoms with Gasteiger partial charge in [0.25, 0.3) is 0 Å². The third kappa shape index (κ3) is 3.02. The smallest absolute Gasteiger partial charge is 0.139 e. The molecule has 0 aliphatic carbocycles. The van der Waals surface area contributed by atoms with Crippen molar-refractivity contribution in [1.29, 1.82) is 0 Å². The fourth-order valence-corrected chi connectivity index (χ4v) is 1.63. The molecule has 0 amide bonds. The van der Waals surface area contributed by atoms with E-state index in [1.807, 2.05) is 0 Å². The first-order chi connectivity index (χ1) is 6.15. The van der Waals surface area contributed by atoms with Gasteiger partial charge in [0, 0.05) is 17.1 Å². The number of benzene rings is 1. The van der Waals surface area contributed by atoms with E-state index in [4.69, 9.17) is 33.7 Å². The van der Waals surface area contributed by atoms with Crippen molar-refractivity contribution < 1.29 is 4.74 Å². The van der Waals surface area contributed by atoms with Crippen molar-refractivity contribution in [2.45, 2.75) is 0 Å². The SMILES string of the molecule is NCCOc1cc(Cl)c(Br)cc1Cl. The average Bonchev–Trinajstić information content (AvgIpc) is 2.09. The number of hydrogen-bond donors (Lipinski definition) is 1. The molecular formula is C8H8BrCl2NO. The summed E-state index contributed by atoms with van der Waals surface area (Å²) in [6.45, 7) is 0.877. The fraction of sp³-hybridized carbons (Fsp3) is 0.250. The molecule has 0 atom stereocenters. The summed E-state index contributed by atoms with van der Waals surface area (Å²) in [5.41, 5.74) is 5.28. The minimum absolute atomic E-state index is 0.428. The van der Waals surface area contributed by atoms with E-state index in [-0.39, 0.29) is 0 Å². The van der Waals surface area contributed by atoms with Crippen molar-refractivity contribution in [2.75, 3.05) is 13.2 Å². The molecule has 72 valence electrons. The Balaban J connectivity index is 2.88. The lowest BCUT2D eigenvalue weighted by Gasteiger charge is -2.07. The number of hydrogen-bond acceptors (Lipinski definition) is 2. The van der Waals surface area contributed by atoms with Gasteiger partial charge >= 0.3 is 0 Å². The Labute approximate surface area is 95.1 Å². The molecule has 1 aromatic rings. The Kier molecular flexibility index (Phi) is 4.32. The van der Waals surface area contributed by atoms with Gasteiger partial charge in [-0.25, -0.2) is 0 Å². The van der Waals surface area contributed by atoms with Crippen molar-refractivity contribution in [3.05, 3.63) is 26.7 Å². The summed E-state index contributed by atoms with van der Waals surface area (Å²) in [6.07, 6.45) is 0. The summed E-state index contributed by atoms with van der Waals surface area (Å²) >= 11 is 15.0. The molecule has 0 bridgehead atoms. The summed E-state index contributed by atoms with van der Waals surface area (Å²) in [6, 6.07) is 3.35. The fourth-order valence-electron chi connectivity index (χ4n) is 0.784. The molecule has 0 fully saturated rings.